The molecular formula is C23H24N2O6S2. The lowest BCUT2D eigenvalue weighted by Gasteiger charge is -2.15. The van der Waals surface area contributed by atoms with Crippen molar-refractivity contribution in [2.24, 2.45) is 5.73 Å². The predicted molar refractivity (Wildman–Crippen MR) is 131 cm³/mol. The molecule has 0 aliphatic carbocycles. The molecule has 1 heterocycles. The normalized spacial score (nSPS) is 14.5. The number of thiocarbonyl (C=S) groups is 1. The Hall–Kier alpha value is -3.24. The largest absolute Gasteiger partial charge is 0.493 e. The van der Waals surface area contributed by atoms with Gasteiger partial charge in [-0.1, -0.05) is 36.1 Å². The lowest BCUT2D eigenvalue weighted by atomic mass is 10.1. The third-order valence-electron chi connectivity index (χ3n) is 4.80. The molecule has 0 radical (unpaired) electrons. The molecule has 0 unspecified atom stereocenters. The summed E-state index contributed by atoms with van der Waals surface area (Å²) in [5, 5.41) is 0. The van der Waals surface area contributed by atoms with Crippen LogP contribution in [0.2, 0.25) is 0 Å². The van der Waals surface area contributed by atoms with Gasteiger partial charge >= 0.3 is 0 Å². The minimum Gasteiger partial charge on any atom is -0.493 e. The maximum Gasteiger partial charge on any atom is 0.266 e. The first kappa shape index (κ1) is 24.4. The molecular weight excluding hydrogens is 464 g/mol. The van der Waals surface area contributed by atoms with Crippen LogP contribution in [0, 0.1) is 0 Å². The van der Waals surface area contributed by atoms with E-state index in [4.69, 9.17) is 36.9 Å². The van der Waals surface area contributed by atoms with Crippen LogP contribution in [-0.4, -0.2) is 55.5 Å². The van der Waals surface area contributed by atoms with Gasteiger partial charge < -0.3 is 24.7 Å². The average molecular weight is 489 g/mol. The fourth-order valence-electron chi connectivity index (χ4n) is 3.16. The third kappa shape index (κ3) is 5.96. The summed E-state index contributed by atoms with van der Waals surface area (Å²) in [6.07, 6.45) is 2.36. The molecule has 0 aromatic heterocycles. The Labute approximate surface area is 201 Å². The molecule has 33 heavy (non-hydrogen) atoms. The van der Waals surface area contributed by atoms with Crippen LogP contribution in [0.25, 0.3) is 6.08 Å². The van der Waals surface area contributed by atoms with Crippen LogP contribution in [0.3, 0.4) is 0 Å². The van der Waals surface area contributed by atoms with Crippen molar-refractivity contribution in [3.05, 3.63) is 52.4 Å². The first-order valence-electron chi connectivity index (χ1n) is 9.91. The van der Waals surface area contributed by atoms with E-state index in [9.17, 15) is 9.59 Å². The Balaban J connectivity index is 1.71. The SMILES string of the molecule is COc1ccc(CCN2C(=O)C(=Cc3ccc(OCC(N)=O)c(OC)c3)SC2=S)cc1OC. The highest BCUT2D eigenvalue weighted by atomic mass is 32.2. The van der Waals surface area contributed by atoms with Crippen molar-refractivity contribution in [1.29, 1.82) is 0 Å². The number of primary amides is 1. The first-order valence-corrected chi connectivity index (χ1v) is 11.1. The second kappa shape index (κ2) is 11.1. The van der Waals surface area contributed by atoms with Crippen LogP contribution in [0.15, 0.2) is 41.3 Å². The van der Waals surface area contributed by atoms with Crippen molar-refractivity contribution in [3.8, 4) is 23.0 Å². The van der Waals surface area contributed by atoms with Crippen LogP contribution >= 0.6 is 24.0 Å². The molecule has 2 aromatic carbocycles. The molecule has 8 nitrogen and oxygen atoms in total. The van der Waals surface area contributed by atoms with E-state index >= 15 is 0 Å². The topological polar surface area (TPSA) is 100 Å². The van der Waals surface area contributed by atoms with E-state index in [2.05, 4.69) is 0 Å². The quantitative estimate of drug-likeness (QED) is 0.402. The van der Waals surface area contributed by atoms with Crippen LogP contribution in [-0.2, 0) is 16.0 Å². The zero-order chi connectivity index (χ0) is 24.0. The highest BCUT2D eigenvalue weighted by Gasteiger charge is 2.31. The van der Waals surface area contributed by atoms with E-state index in [0.717, 1.165) is 11.1 Å². The highest BCUT2D eigenvalue weighted by molar-refractivity contribution is 8.26. The molecule has 0 saturated carbocycles. The minimum atomic E-state index is -0.585. The second-order valence-corrected chi connectivity index (χ2v) is 8.61. The zero-order valence-corrected chi connectivity index (χ0v) is 20.1. The van der Waals surface area contributed by atoms with E-state index in [-0.39, 0.29) is 12.5 Å². The monoisotopic (exact) mass is 488 g/mol. The number of ether oxygens (including phenoxy) is 4. The lowest BCUT2D eigenvalue weighted by Crippen LogP contribution is -2.30. The zero-order valence-electron chi connectivity index (χ0n) is 18.5. The van der Waals surface area contributed by atoms with Gasteiger partial charge in [0.05, 0.1) is 26.2 Å². The Bertz CT molecular complexity index is 1100. The van der Waals surface area contributed by atoms with Gasteiger partial charge in [-0.05, 0) is 47.9 Å². The Morgan fingerprint density at radius 2 is 1.70 bits per heavy atom. The molecule has 1 aliphatic heterocycles. The van der Waals surface area contributed by atoms with Gasteiger partial charge in [-0.3, -0.25) is 14.5 Å². The van der Waals surface area contributed by atoms with E-state index in [1.807, 2.05) is 18.2 Å². The van der Waals surface area contributed by atoms with Crippen molar-refractivity contribution in [2.75, 3.05) is 34.5 Å². The summed E-state index contributed by atoms with van der Waals surface area (Å²) in [4.78, 5) is 26.0. The summed E-state index contributed by atoms with van der Waals surface area (Å²) >= 11 is 6.69. The number of nitrogens with two attached hydrogens (primary N) is 1. The maximum absolute atomic E-state index is 13.0. The van der Waals surface area contributed by atoms with Gasteiger partial charge in [-0.15, -0.1) is 0 Å². The van der Waals surface area contributed by atoms with E-state index in [1.165, 1.54) is 18.9 Å². The van der Waals surface area contributed by atoms with Gasteiger partial charge in [-0.25, -0.2) is 0 Å². The lowest BCUT2D eigenvalue weighted by molar-refractivity contribution is -0.122. The van der Waals surface area contributed by atoms with Crippen molar-refractivity contribution in [3.63, 3.8) is 0 Å². The predicted octanol–water partition coefficient (Wildman–Crippen LogP) is 3.02. The van der Waals surface area contributed by atoms with Gasteiger partial charge in [-0.2, -0.15) is 0 Å². The number of hydrogen-bond donors (Lipinski definition) is 1. The van der Waals surface area contributed by atoms with Gasteiger partial charge in [0.15, 0.2) is 29.6 Å². The fourth-order valence-corrected chi connectivity index (χ4v) is 4.47. The van der Waals surface area contributed by atoms with Crippen LogP contribution in [0.1, 0.15) is 11.1 Å². The smallest absolute Gasteiger partial charge is 0.266 e. The summed E-state index contributed by atoms with van der Waals surface area (Å²) in [5.74, 6) is 1.36. The molecule has 3 rings (SSSR count). The molecule has 1 fully saturated rings. The number of methoxy groups -OCH3 is 3. The standard InChI is InChI=1S/C23H24N2O6S2/c1-28-16-6-4-14(10-18(16)29-2)8-9-25-22(27)20(33-23(25)32)12-15-5-7-17(19(11-15)30-3)31-13-21(24)26/h4-7,10-12H,8-9,13H2,1-3H3,(H2,24,26). The summed E-state index contributed by atoms with van der Waals surface area (Å²) in [6.45, 7) is 0.190. The third-order valence-corrected chi connectivity index (χ3v) is 6.18. The van der Waals surface area contributed by atoms with Gasteiger partial charge in [0.2, 0.25) is 0 Å². The number of hydrogen-bond acceptors (Lipinski definition) is 8. The maximum atomic E-state index is 13.0. The molecule has 10 heteroatoms. The number of amides is 2. The Kier molecular flexibility index (Phi) is 8.18. The molecule has 0 bridgehead atoms. The number of benzene rings is 2. The van der Waals surface area contributed by atoms with Gasteiger partial charge in [0.1, 0.15) is 4.32 Å². The van der Waals surface area contributed by atoms with E-state index in [0.29, 0.717) is 45.2 Å². The van der Waals surface area contributed by atoms with Crippen LogP contribution < -0.4 is 24.7 Å². The first-order chi connectivity index (χ1) is 15.9. The van der Waals surface area contributed by atoms with Crippen molar-refractivity contribution in [2.45, 2.75) is 6.42 Å². The van der Waals surface area contributed by atoms with Gasteiger partial charge in [0, 0.05) is 6.54 Å². The van der Waals surface area contributed by atoms with Crippen molar-refractivity contribution >= 4 is 46.2 Å². The van der Waals surface area contributed by atoms with E-state index in [1.54, 1.807) is 43.4 Å². The van der Waals surface area contributed by atoms with Crippen molar-refractivity contribution in [1.82, 2.24) is 4.90 Å². The number of carbonyl (C=O) groups excluding carboxylic acids is 2. The average Bonchev–Trinajstić information content (AvgIpc) is 3.08. The molecule has 2 N–H and O–H groups in total. The fraction of sp³-hybridized carbons (Fsp3) is 0.261. The molecule has 2 aromatic rings. The molecule has 0 atom stereocenters. The number of nitrogens with zero attached hydrogens (tertiary/aromatic N) is 1. The van der Waals surface area contributed by atoms with Crippen LogP contribution in [0.4, 0.5) is 0 Å². The summed E-state index contributed by atoms with van der Waals surface area (Å²) in [7, 11) is 4.66. The molecule has 1 aliphatic rings. The minimum absolute atomic E-state index is 0.154. The van der Waals surface area contributed by atoms with Crippen LogP contribution in [0.5, 0.6) is 23.0 Å². The number of carbonyl (C=O) groups is 2. The summed E-state index contributed by atoms with van der Waals surface area (Å²) in [6, 6.07) is 10.8. The Morgan fingerprint density at radius 3 is 2.36 bits per heavy atom. The molecule has 0 spiro atoms. The number of thioether (sulfide) groups is 1. The summed E-state index contributed by atoms with van der Waals surface area (Å²) in [5.41, 5.74) is 6.85. The second-order valence-electron chi connectivity index (χ2n) is 6.94. The molecule has 1 saturated heterocycles. The van der Waals surface area contributed by atoms with Gasteiger partial charge in [0.25, 0.3) is 11.8 Å². The Morgan fingerprint density at radius 1 is 1.03 bits per heavy atom. The van der Waals surface area contributed by atoms with E-state index < -0.39 is 5.91 Å². The number of rotatable bonds is 10. The van der Waals surface area contributed by atoms with Crippen molar-refractivity contribution < 1.29 is 28.5 Å². The summed E-state index contributed by atoms with van der Waals surface area (Å²) < 4.78 is 21.8. The highest BCUT2D eigenvalue weighted by Crippen LogP contribution is 2.35. The molecule has 2 amide bonds. The molecule has 174 valence electrons.